The fourth-order valence-corrected chi connectivity index (χ4v) is 2.60. The number of fused-ring (bicyclic) bond motifs is 1. The van der Waals surface area contributed by atoms with Gasteiger partial charge in [0.1, 0.15) is 11.5 Å². The van der Waals surface area contributed by atoms with Gasteiger partial charge < -0.3 is 23.4 Å². The van der Waals surface area contributed by atoms with Crippen LogP contribution in [0.4, 0.5) is 0 Å². The molecule has 6 heteroatoms. The van der Waals surface area contributed by atoms with Crippen LogP contribution < -0.4 is 24.4 Å². The molecule has 0 N–H and O–H groups in total. The molecule has 3 aromatic rings. The molecule has 1 heterocycles. The van der Waals surface area contributed by atoms with E-state index in [1.165, 1.54) is 20.3 Å². The standard InChI is InChI=1S/C19H18O6/c1-21-12-8-13-14(20)10-16(25-19(13)18(9-12)24-4)11-5-6-15(22-2)17(7-11)23-3/h5-10H,1-4H3. The van der Waals surface area contributed by atoms with E-state index >= 15 is 0 Å². The Morgan fingerprint density at radius 1 is 0.760 bits per heavy atom. The minimum atomic E-state index is -0.191. The Bertz CT molecular complexity index is 974. The van der Waals surface area contributed by atoms with Crippen molar-refractivity contribution in [1.82, 2.24) is 0 Å². The average Bonchev–Trinajstić information content (AvgIpc) is 2.66. The molecule has 0 aliphatic rings. The zero-order valence-electron chi connectivity index (χ0n) is 14.4. The maximum atomic E-state index is 12.6. The highest BCUT2D eigenvalue weighted by atomic mass is 16.5. The summed E-state index contributed by atoms with van der Waals surface area (Å²) >= 11 is 0. The molecule has 1 aromatic heterocycles. The normalized spacial score (nSPS) is 10.6. The maximum Gasteiger partial charge on any atom is 0.193 e. The molecule has 0 unspecified atom stereocenters. The fourth-order valence-electron chi connectivity index (χ4n) is 2.60. The monoisotopic (exact) mass is 342 g/mol. The van der Waals surface area contributed by atoms with Gasteiger partial charge in [-0.15, -0.1) is 0 Å². The molecule has 0 bridgehead atoms. The largest absolute Gasteiger partial charge is 0.497 e. The van der Waals surface area contributed by atoms with Gasteiger partial charge in [-0.1, -0.05) is 0 Å². The predicted molar refractivity (Wildman–Crippen MR) is 94.1 cm³/mol. The average molecular weight is 342 g/mol. The van der Waals surface area contributed by atoms with Crippen molar-refractivity contribution < 1.29 is 23.4 Å². The van der Waals surface area contributed by atoms with Crippen LogP contribution in [-0.4, -0.2) is 28.4 Å². The van der Waals surface area contributed by atoms with E-state index in [-0.39, 0.29) is 5.43 Å². The topological polar surface area (TPSA) is 67.1 Å². The van der Waals surface area contributed by atoms with E-state index in [9.17, 15) is 4.79 Å². The molecule has 3 rings (SSSR count). The van der Waals surface area contributed by atoms with E-state index in [0.29, 0.717) is 45.3 Å². The van der Waals surface area contributed by atoms with E-state index in [1.807, 2.05) is 0 Å². The van der Waals surface area contributed by atoms with Gasteiger partial charge in [-0.3, -0.25) is 4.79 Å². The zero-order valence-corrected chi connectivity index (χ0v) is 14.4. The molecule has 130 valence electrons. The van der Waals surface area contributed by atoms with Gasteiger partial charge in [-0.05, 0) is 24.3 Å². The number of hydrogen-bond acceptors (Lipinski definition) is 6. The smallest absolute Gasteiger partial charge is 0.193 e. The third kappa shape index (κ3) is 2.98. The molecule has 0 spiro atoms. The van der Waals surface area contributed by atoms with Crippen molar-refractivity contribution >= 4 is 11.0 Å². The summed E-state index contributed by atoms with van der Waals surface area (Å²) in [5.74, 6) is 2.49. The quantitative estimate of drug-likeness (QED) is 0.707. The molecular weight excluding hydrogens is 324 g/mol. The Hall–Kier alpha value is -3.15. The van der Waals surface area contributed by atoms with Crippen molar-refractivity contribution in [2.45, 2.75) is 0 Å². The predicted octanol–water partition coefficient (Wildman–Crippen LogP) is 3.49. The Morgan fingerprint density at radius 3 is 2.12 bits per heavy atom. The number of ether oxygens (including phenoxy) is 4. The van der Waals surface area contributed by atoms with Gasteiger partial charge in [0.05, 0.1) is 33.8 Å². The highest BCUT2D eigenvalue weighted by molar-refractivity contribution is 5.85. The van der Waals surface area contributed by atoms with Gasteiger partial charge in [-0.2, -0.15) is 0 Å². The molecular formula is C19H18O6. The minimum Gasteiger partial charge on any atom is -0.497 e. The van der Waals surface area contributed by atoms with Gasteiger partial charge in [0.2, 0.25) is 0 Å². The van der Waals surface area contributed by atoms with E-state index in [1.54, 1.807) is 44.6 Å². The van der Waals surface area contributed by atoms with Crippen LogP contribution in [0, 0.1) is 0 Å². The summed E-state index contributed by atoms with van der Waals surface area (Å²) < 4.78 is 27.0. The second-order valence-electron chi connectivity index (χ2n) is 5.25. The van der Waals surface area contributed by atoms with Crippen LogP contribution in [0.1, 0.15) is 0 Å². The van der Waals surface area contributed by atoms with Crippen LogP contribution in [0.3, 0.4) is 0 Å². The molecule has 25 heavy (non-hydrogen) atoms. The number of methoxy groups -OCH3 is 4. The molecule has 0 aliphatic heterocycles. The zero-order chi connectivity index (χ0) is 18.0. The van der Waals surface area contributed by atoms with Crippen LogP contribution in [0.25, 0.3) is 22.3 Å². The molecule has 0 radical (unpaired) electrons. The van der Waals surface area contributed by atoms with Gasteiger partial charge >= 0.3 is 0 Å². The lowest BCUT2D eigenvalue weighted by Gasteiger charge is -2.11. The molecule has 6 nitrogen and oxygen atoms in total. The molecule has 0 saturated heterocycles. The fraction of sp³-hybridized carbons (Fsp3) is 0.211. The lowest BCUT2D eigenvalue weighted by Crippen LogP contribution is -2.02. The molecule has 0 amide bonds. The molecule has 0 fully saturated rings. The second kappa shape index (κ2) is 6.76. The van der Waals surface area contributed by atoms with Crippen molar-refractivity contribution in [1.29, 1.82) is 0 Å². The Balaban J connectivity index is 2.23. The molecule has 2 aromatic carbocycles. The van der Waals surface area contributed by atoms with Gasteiger partial charge in [0.15, 0.2) is 28.3 Å². The summed E-state index contributed by atoms with van der Waals surface area (Å²) in [5.41, 5.74) is 0.860. The Morgan fingerprint density at radius 2 is 1.48 bits per heavy atom. The Labute approximate surface area is 144 Å². The first kappa shape index (κ1) is 16.7. The van der Waals surface area contributed by atoms with E-state index in [4.69, 9.17) is 23.4 Å². The SMILES string of the molecule is COc1cc(OC)c2oc(-c3ccc(OC)c(OC)c3)cc(=O)c2c1. The third-order valence-corrected chi connectivity index (χ3v) is 3.89. The summed E-state index contributed by atoms with van der Waals surface area (Å²) in [7, 11) is 6.15. The second-order valence-corrected chi connectivity index (χ2v) is 5.25. The minimum absolute atomic E-state index is 0.191. The van der Waals surface area contributed by atoms with Gasteiger partial charge in [0.25, 0.3) is 0 Å². The van der Waals surface area contributed by atoms with Gasteiger partial charge in [0, 0.05) is 17.7 Å². The third-order valence-electron chi connectivity index (χ3n) is 3.89. The van der Waals surface area contributed by atoms with Crippen LogP contribution in [0.2, 0.25) is 0 Å². The van der Waals surface area contributed by atoms with Crippen LogP contribution in [0.5, 0.6) is 23.0 Å². The molecule has 0 saturated carbocycles. The van der Waals surface area contributed by atoms with Crippen LogP contribution in [-0.2, 0) is 0 Å². The number of rotatable bonds is 5. The number of hydrogen-bond donors (Lipinski definition) is 0. The maximum absolute atomic E-state index is 12.6. The number of benzene rings is 2. The van der Waals surface area contributed by atoms with Crippen molar-refractivity contribution in [2.75, 3.05) is 28.4 Å². The first-order valence-electron chi connectivity index (χ1n) is 7.53. The molecule has 0 atom stereocenters. The molecule has 0 aliphatic carbocycles. The van der Waals surface area contributed by atoms with Crippen molar-refractivity contribution in [3.05, 3.63) is 46.6 Å². The van der Waals surface area contributed by atoms with Crippen LogP contribution in [0.15, 0.2) is 45.6 Å². The summed E-state index contributed by atoms with van der Waals surface area (Å²) in [5, 5.41) is 0.389. The highest BCUT2D eigenvalue weighted by Crippen LogP contribution is 2.35. The van der Waals surface area contributed by atoms with Gasteiger partial charge in [-0.25, -0.2) is 0 Å². The van der Waals surface area contributed by atoms with Crippen molar-refractivity contribution in [3.8, 4) is 34.3 Å². The summed E-state index contributed by atoms with van der Waals surface area (Å²) in [6.07, 6.45) is 0. The van der Waals surface area contributed by atoms with Crippen molar-refractivity contribution in [3.63, 3.8) is 0 Å². The lowest BCUT2D eigenvalue weighted by atomic mass is 10.1. The van der Waals surface area contributed by atoms with E-state index in [0.717, 1.165) is 0 Å². The summed E-state index contributed by atoms with van der Waals surface area (Å²) in [4.78, 5) is 12.6. The van der Waals surface area contributed by atoms with Crippen molar-refractivity contribution in [2.24, 2.45) is 0 Å². The first-order valence-corrected chi connectivity index (χ1v) is 7.53. The van der Waals surface area contributed by atoms with E-state index in [2.05, 4.69) is 0 Å². The van der Waals surface area contributed by atoms with Crippen LogP contribution >= 0.6 is 0 Å². The first-order chi connectivity index (χ1) is 12.1. The summed E-state index contributed by atoms with van der Waals surface area (Å²) in [6.45, 7) is 0. The summed E-state index contributed by atoms with van der Waals surface area (Å²) in [6, 6.07) is 10.0. The highest BCUT2D eigenvalue weighted by Gasteiger charge is 2.15. The Kier molecular flexibility index (Phi) is 4.52. The van der Waals surface area contributed by atoms with E-state index < -0.39 is 0 Å². The lowest BCUT2D eigenvalue weighted by molar-refractivity contribution is 0.355.